The van der Waals surface area contributed by atoms with Gasteiger partial charge in [0.2, 0.25) is 5.91 Å². The summed E-state index contributed by atoms with van der Waals surface area (Å²) in [4.78, 5) is 23.0. The van der Waals surface area contributed by atoms with Crippen molar-refractivity contribution in [3.05, 3.63) is 53.3 Å². The lowest BCUT2D eigenvalue weighted by atomic mass is 10.2. The number of amides is 2. The van der Waals surface area contributed by atoms with Crippen molar-refractivity contribution < 1.29 is 18.7 Å². The van der Waals surface area contributed by atoms with Crippen LogP contribution in [-0.2, 0) is 9.59 Å². The molecule has 0 atom stereocenters. The van der Waals surface area contributed by atoms with Gasteiger partial charge in [-0.05, 0) is 42.5 Å². The Balaban J connectivity index is 2.00. The Morgan fingerprint density at radius 1 is 1.09 bits per heavy atom. The van der Waals surface area contributed by atoms with Crippen molar-refractivity contribution >= 4 is 34.8 Å². The van der Waals surface area contributed by atoms with E-state index in [9.17, 15) is 14.0 Å². The van der Waals surface area contributed by atoms with Gasteiger partial charge in [-0.2, -0.15) is 0 Å². The van der Waals surface area contributed by atoms with E-state index in [1.165, 1.54) is 19.1 Å². The van der Waals surface area contributed by atoms with Gasteiger partial charge in [0.1, 0.15) is 11.6 Å². The third kappa shape index (κ3) is 5.27. The molecule has 0 radical (unpaired) electrons. The lowest BCUT2D eigenvalue weighted by Crippen LogP contribution is -2.21. The molecule has 0 bridgehead atoms. The fraction of sp³-hybridized carbons (Fsp3) is 0.125. The predicted octanol–water partition coefficient (Wildman–Crippen LogP) is 3.46. The topological polar surface area (TPSA) is 67.4 Å². The van der Waals surface area contributed by atoms with Crippen molar-refractivity contribution in [1.29, 1.82) is 0 Å². The summed E-state index contributed by atoms with van der Waals surface area (Å²) >= 11 is 5.75. The van der Waals surface area contributed by atoms with Gasteiger partial charge in [-0.3, -0.25) is 9.59 Å². The van der Waals surface area contributed by atoms with Gasteiger partial charge in [0.15, 0.2) is 6.61 Å². The zero-order valence-electron chi connectivity index (χ0n) is 12.2. The minimum Gasteiger partial charge on any atom is -0.484 e. The summed E-state index contributed by atoms with van der Waals surface area (Å²) in [5, 5.41) is 5.56. The molecule has 0 aliphatic carbocycles. The molecule has 0 saturated carbocycles. The molecule has 0 spiro atoms. The average molecular weight is 337 g/mol. The largest absolute Gasteiger partial charge is 0.484 e. The molecule has 2 rings (SSSR count). The van der Waals surface area contributed by atoms with Gasteiger partial charge in [0.05, 0.1) is 11.4 Å². The number of benzene rings is 2. The molecule has 0 fully saturated rings. The van der Waals surface area contributed by atoms with Crippen molar-refractivity contribution in [3.8, 4) is 5.75 Å². The Hall–Kier alpha value is -2.60. The standard InChI is InChI=1S/C16H14ClFN2O3/c1-10(21)19-14-7-4-12(18)8-15(14)20-16(22)9-23-13-5-2-11(17)3-6-13/h2-8H,9H2,1H3,(H,19,21)(H,20,22). The number of carbonyl (C=O) groups excluding carboxylic acids is 2. The van der Waals surface area contributed by atoms with E-state index in [2.05, 4.69) is 10.6 Å². The lowest BCUT2D eigenvalue weighted by molar-refractivity contribution is -0.118. The van der Waals surface area contributed by atoms with Crippen LogP contribution in [0, 0.1) is 5.82 Å². The summed E-state index contributed by atoms with van der Waals surface area (Å²) in [6.07, 6.45) is 0. The first-order valence-corrected chi connectivity index (χ1v) is 7.07. The van der Waals surface area contributed by atoms with E-state index in [0.717, 1.165) is 6.07 Å². The van der Waals surface area contributed by atoms with Crippen molar-refractivity contribution in [3.63, 3.8) is 0 Å². The van der Waals surface area contributed by atoms with Gasteiger partial charge in [-0.15, -0.1) is 0 Å². The molecule has 2 amide bonds. The van der Waals surface area contributed by atoms with Crippen LogP contribution in [0.4, 0.5) is 15.8 Å². The van der Waals surface area contributed by atoms with Gasteiger partial charge in [-0.1, -0.05) is 11.6 Å². The van der Waals surface area contributed by atoms with Crippen LogP contribution in [0.25, 0.3) is 0 Å². The molecule has 23 heavy (non-hydrogen) atoms. The first-order chi connectivity index (χ1) is 10.9. The predicted molar refractivity (Wildman–Crippen MR) is 86.3 cm³/mol. The van der Waals surface area contributed by atoms with Gasteiger partial charge in [0, 0.05) is 11.9 Å². The second-order valence-electron chi connectivity index (χ2n) is 4.66. The number of ether oxygens (including phenoxy) is 1. The molecule has 5 nitrogen and oxygen atoms in total. The first-order valence-electron chi connectivity index (χ1n) is 6.69. The average Bonchev–Trinajstić information content (AvgIpc) is 2.49. The highest BCUT2D eigenvalue weighted by Gasteiger charge is 2.10. The van der Waals surface area contributed by atoms with Crippen molar-refractivity contribution in [2.24, 2.45) is 0 Å². The number of carbonyl (C=O) groups is 2. The van der Waals surface area contributed by atoms with Crippen LogP contribution in [0.2, 0.25) is 5.02 Å². The highest BCUT2D eigenvalue weighted by molar-refractivity contribution is 6.30. The molecule has 0 aromatic heterocycles. The zero-order chi connectivity index (χ0) is 16.8. The third-order valence-electron chi connectivity index (χ3n) is 2.75. The maximum Gasteiger partial charge on any atom is 0.262 e. The normalized spacial score (nSPS) is 10.0. The second kappa shape index (κ2) is 7.60. The number of hydrogen-bond acceptors (Lipinski definition) is 3. The molecule has 0 aliphatic rings. The van der Waals surface area contributed by atoms with Crippen LogP contribution in [0.15, 0.2) is 42.5 Å². The molecular formula is C16H14ClFN2O3. The second-order valence-corrected chi connectivity index (χ2v) is 5.10. The summed E-state index contributed by atoms with van der Waals surface area (Å²) in [6, 6.07) is 10.2. The Bertz CT molecular complexity index is 720. The minimum atomic E-state index is -0.534. The monoisotopic (exact) mass is 336 g/mol. The van der Waals surface area contributed by atoms with E-state index in [4.69, 9.17) is 16.3 Å². The number of rotatable bonds is 5. The van der Waals surface area contributed by atoms with E-state index < -0.39 is 11.7 Å². The van der Waals surface area contributed by atoms with Crippen molar-refractivity contribution in [2.75, 3.05) is 17.2 Å². The number of nitrogens with one attached hydrogen (secondary N) is 2. The van der Waals surface area contributed by atoms with Crippen molar-refractivity contribution in [1.82, 2.24) is 0 Å². The number of anilines is 2. The molecule has 0 aliphatic heterocycles. The maximum absolute atomic E-state index is 13.3. The van der Waals surface area contributed by atoms with Gasteiger partial charge >= 0.3 is 0 Å². The third-order valence-corrected chi connectivity index (χ3v) is 3.00. The Labute approximate surface area is 137 Å². The van der Waals surface area contributed by atoms with E-state index in [0.29, 0.717) is 16.5 Å². The molecule has 2 aromatic carbocycles. The fourth-order valence-electron chi connectivity index (χ4n) is 1.78. The van der Waals surface area contributed by atoms with Crippen molar-refractivity contribution in [2.45, 2.75) is 6.92 Å². The Morgan fingerprint density at radius 2 is 1.78 bits per heavy atom. The highest BCUT2D eigenvalue weighted by Crippen LogP contribution is 2.23. The smallest absolute Gasteiger partial charge is 0.262 e. The summed E-state index contributed by atoms with van der Waals surface area (Å²) in [5.74, 6) is -0.874. The molecule has 7 heteroatoms. The number of hydrogen-bond donors (Lipinski definition) is 2. The van der Waals surface area contributed by atoms with E-state index in [1.54, 1.807) is 24.3 Å². The molecule has 0 saturated heterocycles. The Kier molecular flexibility index (Phi) is 5.54. The summed E-state index contributed by atoms with van der Waals surface area (Å²) in [7, 11) is 0. The van der Waals surface area contributed by atoms with Crippen LogP contribution in [-0.4, -0.2) is 18.4 Å². The summed E-state index contributed by atoms with van der Waals surface area (Å²) in [5.41, 5.74) is 0.462. The van der Waals surface area contributed by atoms with Crippen LogP contribution in [0.3, 0.4) is 0 Å². The van der Waals surface area contributed by atoms with Gasteiger partial charge < -0.3 is 15.4 Å². The molecule has 2 aromatic rings. The summed E-state index contributed by atoms with van der Waals surface area (Å²) < 4.78 is 18.6. The quantitative estimate of drug-likeness (QED) is 0.878. The van der Waals surface area contributed by atoms with Crippen LogP contribution >= 0.6 is 11.6 Å². The molecule has 0 unspecified atom stereocenters. The fourth-order valence-corrected chi connectivity index (χ4v) is 1.91. The van der Waals surface area contributed by atoms with E-state index in [-0.39, 0.29) is 18.2 Å². The van der Waals surface area contributed by atoms with Crippen LogP contribution in [0.5, 0.6) is 5.75 Å². The van der Waals surface area contributed by atoms with E-state index >= 15 is 0 Å². The molecule has 2 N–H and O–H groups in total. The highest BCUT2D eigenvalue weighted by atomic mass is 35.5. The molecular weight excluding hydrogens is 323 g/mol. The Morgan fingerprint density at radius 3 is 2.43 bits per heavy atom. The first kappa shape index (κ1) is 16.8. The summed E-state index contributed by atoms with van der Waals surface area (Å²) in [6.45, 7) is 1.05. The van der Waals surface area contributed by atoms with Gasteiger partial charge in [0.25, 0.3) is 5.91 Å². The minimum absolute atomic E-state index is 0.157. The SMILES string of the molecule is CC(=O)Nc1ccc(F)cc1NC(=O)COc1ccc(Cl)cc1. The lowest BCUT2D eigenvalue weighted by Gasteiger charge is -2.12. The van der Waals surface area contributed by atoms with Crippen LogP contribution < -0.4 is 15.4 Å². The van der Waals surface area contributed by atoms with Crippen LogP contribution in [0.1, 0.15) is 6.92 Å². The zero-order valence-corrected chi connectivity index (χ0v) is 13.0. The molecule has 0 heterocycles. The van der Waals surface area contributed by atoms with Gasteiger partial charge in [-0.25, -0.2) is 4.39 Å². The maximum atomic E-state index is 13.3. The number of halogens is 2. The molecule has 120 valence electrons. The van der Waals surface area contributed by atoms with E-state index in [1.807, 2.05) is 0 Å².